The van der Waals surface area contributed by atoms with Crippen molar-refractivity contribution < 1.29 is 14.3 Å². The standard InChI is InChI=1S/C13H16O3/c1-3-7-12(15-2)13(14)16-10-11-8-5-4-6-9-11/h3-9,12H,10H2,1-2H3/b7-3+/t12-/m1/s1. The lowest BCUT2D eigenvalue weighted by Crippen LogP contribution is -2.23. The van der Waals surface area contributed by atoms with Crippen LogP contribution >= 0.6 is 0 Å². The Bertz CT molecular complexity index is 343. The SMILES string of the molecule is C/C=C/[C@@H](OC)C(=O)OCc1ccccc1. The van der Waals surface area contributed by atoms with Crippen LogP contribution in [0.3, 0.4) is 0 Å². The average Bonchev–Trinajstić information content (AvgIpc) is 2.34. The summed E-state index contributed by atoms with van der Waals surface area (Å²) in [6.07, 6.45) is 2.80. The zero-order valence-electron chi connectivity index (χ0n) is 9.55. The summed E-state index contributed by atoms with van der Waals surface area (Å²) in [5, 5.41) is 0. The highest BCUT2D eigenvalue weighted by Gasteiger charge is 2.15. The highest BCUT2D eigenvalue weighted by molar-refractivity contribution is 5.76. The predicted octanol–water partition coefficient (Wildman–Crippen LogP) is 2.32. The molecule has 0 saturated carbocycles. The number of esters is 1. The number of benzene rings is 1. The van der Waals surface area contributed by atoms with Crippen molar-refractivity contribution in [1.82, 2.24) is 0 Å². The van der Waals surface area contributed by atoms with Crippen LogP contribution in [0.4, 0.5) is 0 Å². The van der Waals surface area contributed by atoms with Crippen molar-refractivity contribution in [2.24, 2.45) is 0 Å². The molecular weight excluding hydrogens is 204 g/mol. The Morgan fingerprint density at radius 1 is 1.38 bits per heavy atom. The zero-order chi connectivity index (χ0) is 11.8. The molecule has 1 atom stereocenters. The van der Waals surface area contributed by atoms with Crippen LogP contribution in [0.1, 0.15) is 12.5 Å². The quantitative estimate of drug-likeness (QED) is 0.564. The highest BCUT2D eigenvalue weighted by Crippen LogP contribution is 2.03. The van der Waals surface area contributed by atoms with Gasteiger partial charge in [-0.15, -0.1) is 0 Å². The second kappa shape index (κ2) is 6.80. The fourth-order valence-corrected chi connectivity index (χ4v) is 1.24. The Balaban J connectivity index is 2.46. The van der Waals surface area contributed by atoms with Crippen molar-refractivity contribution in [2.45, 2.75) is 19.6 Å². The lowest BCUT2D eigenvalue weighted by molar-refractivity contribution is -0.153. The van der Waals surface area contributed by atoms with Gasteiger partial charge in [0.2, 0.25) is 0 Å². The molecule has 0 fully saturated rings. The number of methoxy groups -OCH3 is 1. The van der Waals surface area contributed by atoms with Gasteiger partial charge in [0.1, 0.15) is 6.61 Å². The van der Waals surface area contributed by atoms with Crippen molar-refractivity contribution in [3.05, 3.63) is 48.0 Å². The van der Waals surface area contributed by atoms with Gasteiger partial charge in [-0.25, -0.2) is 4.79 Å². The smallest absolute Gasteiger partial charge is 0.339 e. The Labute approximate surface area is 95.7 Å². The number of carbonyl (C=O) groups excluding carboxylic acids is 1. The maximum Gasteiger partial charge on any atom is 0.339 e. The van der Waals surface area contributed by atoms with Crippen LogP contribution < -0.4 is 0 Å². The van der Waals surface area contributed by atoms with E-state index in [-0.39, 0.29) is 12.6 Å². The molecule has 0 spiro atoms. The number of carbonyl (C=O) groups is 1. The van der Waals surface area contributed by atoms with Crippen LogP contribution in [-0.2, 0) is 20.9 Å². The summed E-state index contributed by atoms with van der Waals surface area (Å²) in [5.74, 6) is -0.371. The monoisotopic (exact) mass is 220 g/mol. The first kappa shape index (κ1) is 12.5. The van der Waals surface area contributed by atoms with E-state index in [1.54, 1.807) is 12.2 Å². The summed E-state index contributed by atoms with van der Waals surface area (Å²) in [6.45, 7) is 2.10. The van der Waals surface area contributed by atoms with Crippen LogP contribution in [0.15, 0.2) is 42.5 Å². The third-order valence-electron chi connectivity index (χ3n) is 2.08. The maximum absolute atomic E-state index is 11.5. The second-order valence-corrected chi connectivity index (χ2v) is 3.28. The second-order valence-electron chi connectivity index (χ2n) is 3.28. The average molecular weight is 220 g/mol. The minimum Gasteiger partial charge on any atom is -0.459 e. The highest BCUT2D eigenvalue weighted by atomic mass is 16.6. The van der Waals surface area contributed by atoms with Gasteiger partial charge in [-0.2, -0.15) is 0 Å². The van der Waals surface area contributed by atoms with Gasteiger partial charge in [-0.1, -0.05) is 36.4 Å². The van der Waals surface area contributed by atoms with Crippen LogP contribution in [0.5, 0.6) is 0 Å². The van der Waals surface area contributed by atoms with Crippen LogP contribution in [0, 0.1) is 0 Å². The summed E-state index contributed by atoms with van der Waals surface area (Å²) in [7, 11) is 1.48. The lowest BCUT2D eigenvalue weighted by Gasteiger charge is -2.10. The molecule has 86 valence electrons. The molecule has 1 rings (SSSR count). The topological polar surface area (TPSA) is 35.5 Å². The van der Waals surface area contributed by atoms with E-state index in [1.165, 1.54) is 7.11 Å². The minimum absolute atomic E-state index is 0.275. The molecule has 16 heavy (non-hydrogen) atoms. The van der Waals surface area contributed by atoms with Crippen molar-refractivity contribution >= 4 is 5.97 Å². The van der Waals surface area contributed by atoms with Crippen molar-refractivity contribution in [3.8, 4) is 0 Å². The van der Waals surface area contributed by atoms with Crippen molar-refractivity contribution in [2.75, 3.05) is 7.11 Å². The van der Waals surface area contributed by atoms with Gasteiger partial charge in [0, 0.05) is 7.11 Å². The van der Waals surface area contributed by atoms with Crippen LogP contribution in [0.2, 0.25) is 0 Å². The van der Waals surface area contributed by atoms with E-state index < -0.39 is 6.10 Å². The molecule has 1 aromatic carbocycles. The van der Waals surface area contributed by atoms with Crippen molar-refractivity contribution in [3.63, 3.8) is 0 Å². The summed E-state index contributed by atoms with van der Waals surface area (Å²) in [5.41, 5.74) is 0.964. The van der Waals surface area contributed by atoms with Gasteiger partial charge in [-0.05, 0) is 18.6 Å². The fourth-order valence-electron chi connectivity index (χ4n) is 1.24. The fraction of sp³-hybridized carbons (Fsp3) is 0.308. The Morgan fingerprint density at radius 2 is 2.06 bits per heavy atom. The van der Waals surface area contributed by atoms with E-state index in [0.29, 0.717) is 0 Å². The predicted molar refractivity (Wildman–Crippen MR) is 61.8 cm³/mol. The first-order chi connectivity index (χ1) is 7.77. The molecule has 0 aliphatic carbocycles. The number of hydrogen-bond donors (Lipinski definition) is 0. The molecule has 0 N–H and O–H groups in total. The zero-order valence-corrected chi connectivity index (χ0v) is 9.55. The van der Waals surface area contributed by atoms with E-state index in [1.807, 2.05) is 37.3 Å². The van der Waals surface area contributed by atoms with E-state index >= 15 is 0 Å². The normalized spacial score (nSPS) is 12.6. The number of hydrogen-bond acceptors (Lipinski definition) is 3. The third-order valence-corrected chi connectivity index (χ3v) is 2.08. The van der Waals surface area contributed by atoms with Crippen LogP contribution in [0.25, 0.3) is 0 Å². The van der Waals surface area contributed by atoms with Gasteiger partial charge in [0.05, 0.1) is 0 Å². The first-order valence-electron chi connectivity index (χ1n) is 5.14. The molecule has 0 unspecified atom stereocenters. The van der Waals surface area contributed by atoms with Gasteiger partial charge < -0.3 is 9.47 Å². The molecule has 0 saturated heterocycles. The largest absolute Gasteiger partial charge is 0.459 e. The van der Waals surface area contributed by atoms with E-state index in [2.05, 4.69) is 0 Å². The third kappa shape index (κ3) is 3.87. The summed E-state index contributed by atoms with van der Waals surface area (Å²) in [4.78, 5) is 11.5. The lowest BCUT2D eigenvalue weighted by atomic mass is 10.2. The minimum atomic E-state index is -0.617. The van der Waals surface area contributed by atoms with Gasteiger partial charge in [-0.3, -0.25) is 0 Å². The Hall–Kier alpha value is -1.61. The number of allylic oxidation sites excluding steroid dienone is 1. The molecule has 0 heterocycles. The van der Waals surface area contributed by atoms with Gasteiger partial charge >= 0.3 is 5.97 Å². The summed E-state index contributed by atoms with van der Waals surface area (Å²) < 4.78 is 10.1. The van der Waals surface area contributed by atoms with E-state index in [0.717, 1.165) is 5.56 Å². The number of ether oxygens (including phenoxy) is 2. The summed E-state index contributed by atoms with van der Waals surface area (Å²) >= 11 is 0. The molecule has 0 amide bonds. The molecule has 0 radical (unpaired) electrons. The van der Waals surface area contributed by atoms with Crippen molar-refractivity contribution in [1.29, 1.82) is 0 Å². The number of rotatable bonds is 5. The molecule has 3 nitrogen and oxygen atoms in total. The van der Waals surface area contributed by atoms with E-state index in [9.17, 15) is 4.79 Å². The molecule has 3 heteroatoms. The van der Waals surface area contributed by atoms with Gasteiger partial charge in [0.25, 0.3) is 0 Å². The maximum atomic E-state index is 11.5. The van der Waals surface area contributed by atoms with Gasteiger partial charge in [0.15, 0.2) is 6.10 Å². The molecule has 0 aliphatic heterocycles. The Kier molecular flexibility index (Phi) is 5.29. The molecule has 0 aliphatic rings. The molecule has 0 aromatic heterocycles. The summed E-state index contributed by atoms with van der Waals surface area (Å²) in [6, 6.07) is 9.55. The van der Waals surface area contributed by atoms with E-state index in [4.69, 9.17) is 9.47 Å². The first-order valence-corrected chi connectivity index (χ1v) is 5.14. The Morgan fingerprint density at radius 3 is 2.62 bits per heavy atom. The molecular formula is C13H16O3. The van der Waals surface area contributed by atoms with Crippen LogP contribution in [-0.4, -0.2) is 19.2 Å². The molecule has 0 bridgehead atoms. The molecule has 1 aromatic rings.